The van der Waals surface area contributed by atoms with Crippen molar-refractivity contribution in [3.63, 3.8) is 0 Å². The number of ether oxygens (including phenoxy) is 1. The van der Waals surface area contributed by atoms with Crippen molar-refractivity contribution in [2.75, 3.05) is 20.2 Å². The second kappa shape index (κ2) is 5.11. The summed E-state index contributed by atoms with van der Waals surface area (Å²) in [5.41, 5.74) is 5.54. The number of nitrogens with two attached hydrogens (primary N) is 1. The van der Waals surface area contributed by atoms with E-state index in [0.29, 0.717) is 13.1 Å². The number of carbonyl (C=O) groups is 2. The molecule has 0 aromatic rings. The Hall–Kier alpha value is -1.10. The minimum Gasteiger partial charge on any atom is -0.453 e. The molecule has 2 atom stereocenters. The molecule has 86 valence electrons. The average Bonchev–Trinajstić information content (AvgIpc) is 2.27. The second-order valence-electron chi connectivity index (χ2n) is 3.95. The molecule has 15 heavy (non-hydrogen) atoms. The third-order valence-corrected chi connectivity index (χ3v) is 2.71. The Labute approximate surface area is 89.6 Å². The van der Waals surface area contributed by atoms with Crippen molar-refractivity contribution in [2.24, 2.45) is 11.7 Å². The van der Waals surface area contributed by atoms with Crippen molar-refractivity contribution in [2.45, 2.75) is 25.8 Å². The Balaban J connectivity index is 2.56. The molecule has 0 radical (unpaired) electrons. The Bertz CT molecular complexity index is 253. The van der Waals surface area contributed by atoms with Crippen LogP contribution in [0.15, 0.2) is 0 Å². The molecule has 1 saturated heterocycles. The quantitative estimate of drug-likeness (QED) is 0.721. The molecule has 1 amide bonds. The van der Waals surface area contributed by atoms with Crippen molar-refractivity contribution < 1.29 is 14.3 Å². The standard InChI is InChI=1S/C10H18N2O3/c1-7(11)9(13)8-4-3-5-12(6-8)10(14)15-2/h7-8H,3-6,11H2,1-2H3. The van der Waals surface area contributed by atoms with E-state index < -0.39 is 6.04 Å². The van der Waals surface area contributed by atoms with Gasteiger partial charge in [-0.05, 0) is 19.8 Å². The molecule has 0 aromatic carbocycles. The van der Waals surface area contributed by atoms with Crippen LogP contribution in [0.25, 0.3) is 0 Å². The van der Waals surface area contributed by atoms with Crippen LogP contribution in [-0.4, -0.2) is 43.0 Å². The summed E-state index contributed by atoms with van der Waals surface area (Å²) < 4.78 is 4.62. The molecule has 2 unspecified atom stereocenters. The molecule has 1 aliphatic rings. The lowest BCUT2D eigenvalue weighted by Gasteiger charge is -2.31. The Kier molecular flexibility index (Phi) is 4.08. The van der Waals surface area contributed by atoms with Gasteiger partial charge < -0.3 is 15.4 Å². The highest BCUT2D eigenvalue weighted by Gasteiger charge is 2.29. The number of ketones is 1. The number of nitrogens with zero attached hydrogens (tertiary/aromatic N) is 1. The zero-order valence-electron chi connectivity index (χ0n) is 9.23. The Morgan fingerprint density at radius 1 is 1.53 bits per heavy atom. The summed E-state index contributed by atoms with van der Waals surface area (Å²) >= 11 is 0. The molecule has 1 aliphatic heterocycles. The normalized spacial score (nSPS) is 23.4. The van der Waals surface area contributed by atoms with Gasteiger partial charge in [-0.2, -0.15) is 0 Å². The molecule has 1 heterocycles. The van der Waals surface area contributed by atoms with Crippen LogP contribution in [0.4, 0.5) is 4.79 Å². The first-order valence-electron chi connectivity index (χ1n) is 5.18. The monoisotopic (exact) mass is 214 g/mol. The van der Waals surface area contributed by atoms with Gasteiger partial charge in [0, 0.05) is 19.0 Å². The summed E-state index contributed by atoms with van der Waals surface area (Å²) in [7, 11) is 1.35. The zero-order valence-corrected chi connectivity index (χ0v) is 9.23. The highest BCUT2D eigenvalue weighted by molar-refractivity contribution is 5.86. The van der Waals surface area contributed by atoms with Crippen molar-refractivity contribution >= 4 is 11.9 Å². The Morgan fingerprint density at radius 2 is 2.20 bits per heavy atom. The highest BCUT2D eigenvalue weighted by Crippen LogP contribution is 2.18. The van der Waals surface area contributed by atoms with Crippen molar-refractivity contribution in [1.29, 1.82) is 0 Å². The van der Waals surface area contributed by atoms with E-state index in [1.54, 1.807) is 11.8 Å². The number of hydrogen-bond acceptors (Lipinski definition) is 4. The molecule has 1 fully saturated rings. The first-order chi connectivity index (χ1) is 7.06. The molecule has 2 N–H and O–H groups in total. The molecule has 1 rings (SSSR count). The van der Waals surface area contributed by atoms with E-state index in [1.807, 2.05) is 0 Å². The third kappa shape index (κ3) is 2.92. The van der Waals surface area contributed by atoms with E-state index >= 15 is 0 Å². The number of piperidine rings is 1. The number of rotatable bonds is 2. The minimum atomic E-state index is -0.451. The van der Waals surface area contributed by atoms with Crippen LogP contribution in [-0.2, 0) is 9.53 Å². The van der Waals surface area contributed by atoms with Gasteiger partial charge in [0.05, 0.1) is 13.2 Å². The van der Waals surface area contributed by atoms with E-state index in [9.17, 15) is 9.59 Å². The van der Waals surface area contributed by atoms with Gasteiger partial charge in [0.15, 0.2) is 5.78 Å². The van der Waals surface area contributed by atoms with Gasteiger partial charge in [0.1, 0.15) is 0 Å². The van der Waals surface area contributed by atoms with Gasteiger partial charge in [-0.25, -0.2) is 4.79 Å². The number of carbonyl (C=O) groups excluding carboxylic acids is 2. The van der Waals surface area contributed by atoms with E-state index in [-0.39, 0.29) is 17.8 Å². The molecule has 0 spiro atoms. The lowest BCUT2D eigenvalue weighted by atomic mass is 9.91. The Morgan fingerprint density at radius 3 is 2.73 bits per heavy atom. The van der Waals surface area contributed by atoms with Crippen LogP contribution in [0.2, 0.25) is 0 Å². The molecule has 0 aliphatic carbocycles. The van der Waals surface area contributed by atoms with E-state index in [4.69, 9.17) is 5.73 Å². The van der Waals surface area contributed by atoms with Crippen LogP contribution >= 0.6 is 0 Å². The lowest BCUT2D eigenvalue weighted by Crippen LogP contribution is -2.45. The number of amides is 1. The van der Waals surface area contributed by atoms with Crippen LogP contribution < -0.4 is 5.73 Å². The maximum atomic E-state index is 11.7. The fourth-order valence-electron chi connectivity index (χ4n) is 1.88. The maximum absolute atomic E-state index is 11.7. The van der Waals surface area contributed by atoms with E-state index in [2.05, 4.69) is 4.74 Å². The number of methoxy groups -OCH3 is 1. The molecular weight excluding hydrogens is 196 g/mol. The van der Waals surface area contributed by atoms with Gasteiger partial charge in [0.2, 0.25) is 0 Å². The van der Waals surface area contributed by atoms with Crippen LogP contribution in [0.5, 0.6) is 0 Å². The van der Waals surface area contributed by atoms with Gasteiger partial charge >= 0.3 is 6.09 Å². The van der Waals surface area contributed by atoms with Crippen LogP contribution in [0.3, 0.4) is 0 Å². The summed E-state index contributed by atoms with van der Waals surface area (Å²) in [6.45, 7) is 2.78. The molecule has 5 nitrogen and oxygen atoms in total. The SMILES string of the molecule is COC(=O)N1CCCC(C(=O)C(C)N)C1. The van der Waals surface area contributed by atoms with Gasteiger partial charge in [0.25, 0.3) is 0 Å². The number of likely N-dealkylation sites (tertiary alicyclic amines) is 1. The lowest BCUT2D eigenvalue weighted by molar-refractivity contribution is -0.125. The first-order valence-corrected chi connectivity index (χ1v) is 5.18. The van der Waals surface area contributed by atoms with Crippen molar-refractivity contribution in [3.8, 4) is 0 Å². The molecule has 5 heteroatoms. The van der Waals surface area contributed by atoms with Gasteiger partial charge in [-0.3, -0.25) is 4.79 Å². The van der Waals surface area contributed by atoms with Crippen molar-refractivity contribution in [1.82, 2.24) is 4.90 Å². The predicted molar refractivity (Wildman–Crippen MR) is 55.4 cm³/mol. The smallest absolute Gasteiger partial charge is 0.409 e. The van der Waals surface area contributed by atoms with E-state index in [0.717, 1.165) is 12.8 Å². The summed E-state index contributed by atoms with van der Waals surface area (Å²) in [6.07, 6.45) is 1.28. The highest BCUT2D eigenvalue weighted by atomic mass is 16.5. The third-order valence-electron chi connectivity index (χ3n) is 2.71. The second-order valence-corrected chi connectivity index (χ2v) is 3.95. The topological polar surface area (TPSA) is 72.6 Å². The van der Waals surface area contributed by atoms with Crippen LogP contribution in [0, 0.1) is 5.92 Å². The number of Topliss-reactive ketones (excluding diaryl/α,β-unsaturated/α-hetero) is 1. The van der Waals surface area contributed by atoms with Gasteiger partial charge in [-0.1, -0.05) is 0 Å². The summed E-state index contributed by atoms with van der Waals surface area (Å²) in [4.78, 5) is 24.5. The van der Waals surface area contributed by atoms with E-state index in [1.165, 1.54) is 7.11 Å². The average molecular weight is 214 g/mol. The summed E-state index contributed by atoms with van der Waals surface area (Å²) in [5, 5.41) is 0. The fourth-order valence-corrected chi connectivity index (χ4v) is 1.88. The number of hydrogen-bond donors (Lipinski definition) is 1. The van der Waals surface area contributed by atoms with Crippen molar-refractivity contribution in [3.05, 3.63) is 0 Å². The summed E-state index contributed by atoms with van der Waals surface area (Å²) in [5.74, 6) is -0.0959. The zero-order chi connectivity index (χ0) is 11.4. The predicted octanol–water partition coefficient (Wildman–Crippen LogP) is 0.381. The largest absolute Gasteiger partial charge is 0.453 e. The summed E-state index contributed by atoms with van der Waals surface area (Å²) in [6, 6.07) is -0.451. The van der Waals surface area contributed by atoms with Crippen LogP contribution in [0.1, 0.15) is 19.8 Å². The minimum absolute atomic E-state index is 0.0311. The molecular formula is C10H18N2O3. The van der Waals surface area contributed by atoms with Gasteiger partial charge in [-0.15, -0.1) is 0 Å². The molecule has 0 bridgehead atoms. The molecule has 0 saturated carbocycles. The maximum Gasteiger partial charge on any atom is 0.409 e. The fraction of sp³-hybridized carbons (Fsp3) is 0.800. The first kappa shape index (κ1) is 12.0. The molecule has 0 aromatic heterocycles.